The SMILES string of the molecule is O=C(N1CCN(Cc2c(N3CCCC3)cccc2C(F)(F)F)CC1)n1cc(Cl)cn1. The average Bonchev–Trinajstić information content (AvgIpc) is 3.39. The zero-order valence-electron chi connectivity index (χ0n) is 16.4. The highest BCUT2D eigenvalue weighted by Crippen LogP contribution is 2.38. The van der Waals surface area contributed by atoms with Crippen molar-refractivity contribution in [3.05, 3.63) is 46.7 Å². The van der Waals surface area contributed by atoms with E-state index >= 15 is 0 Å². The number of alkyl halides is 3. The Bertz CT molecular complexity index is 902. The van der Waals surface area contributed by atoms with Crippen LogP contribution in [0.2, 0.25) is 5.02 Å². The third kappa shape index (κ3) is 4.41. The fourth-order valence-electron chi connectivity index (χ4n) is 4.13. The number of rotatable bonds is 3. The fourth-order valence-corrected chi connectivity index (χ4v) is 4.27. The Morgan fingerprint density at radius 3 is 2.37 bits per heavy atom. The summed E-state index contributed by atoms with van der Waals surface area (Å²) >= 11 is 5.82. The first-order valence-corrected chi connectivity index (χ1v) is 10.4. The zero-order valence-corrected chi connectivity index (χ0v) is 17.2. The first-order chi connectivity index (χ1) is 14.3. The first-order valence-electron chi connectivity index (χ1n) is 9.99. The number of anilines is 1. The van der Waals surface area contributed by atoms with Crippen LogP contribution in [0.5, 0.6) is 0 Å². The smallest absolute Gasteiger partial charge is 0.371 e. The lowest BCUT2D eigenvalue weighted by atomic mass is 10.0. The molecule has 0 atom stereocenters. The van der Waals surface area contributed by atoms with Gasteiger partial charge < -0.3 is 9.80 Å². The summed E-state index contributed by atoms with van der Waals surface area (Å²) < 4.78 is 42.3. The first kappa shape index (κ1) is 21.0. The highest BCUT2D eigenvalue weighted by atomic mass is 35.5. The quantitative estimate of drug-likeness (QED) is 0.723. The summed E-state index contributed by atoms with van der Waals surface area (Å²) in [6, 6.07) is 4.16. The van der Waals surface area contributed by atoms with Crippen LogP contribution < -0.4 is 4.90 Å². The summed E-state index contributed by atoms with van der Waals surface area (Å²) in [6.45, 7) is 3.59. The van der Waals surface area contributed by atoms with Crippen molar-refractivity contribution in [2.24, 2.45) is 0 Å². The number of hydrogen-bond donors (Lipinski definition) is 0. The summed E-state index contributed by atoms with van der Waals surface area (Å²) in [5, 5.41) is 4.30. The lowest BCUT2D eigenvalue weighted by Gasteiger charge is -2.35. The number of hydrogen-bond acceptors (Lipinski definition) is 4. The van der Waals surface area contributed by atoms with E-state index in [1.807, 2.05) is 9.80 Å². The molecule has 2 aromatic rings. The van der Waals surface area contributed by atoms with Gasteiger partial charge in [0.25, 0.3) is 0 Å². The molecular weight excluding hydrogens is 419 g/mol. The predicted octanol–water partition coefficient (Wildman–Crippen LogP) is 3.94. The zero-order chi connectivity index (χ0) is 21.3. The van der Waals surface area contributed by atoms with Crippen molar-refractivity contribution in [3.63, 3.8) is 0 Å². The molecule has 0 spiro atoms. The van der Waals surface area contributed by atoms with Crippen molar-refractivity contribution >= 4 is 23.3 Å². The molecule has 1 aromatic carbocycles. The number of carbonyl (C=O) groups excluding carboxylic acids is 1. The molecule has 1 amide bonds. The molecule has 0 bridgehead atoms. The van der Waals surface area contributed by atoms with Crippen molar-refractivity contribution in [1.82, 2.24) is 19.6 Å². The van der Waals surface area contributed by atoms with Crippen molar-refractivity contribution in [2.75, 3.05) is 44.2 Å². The van der Waals surface area contributed by atoms with E-state index in [0.717, 1.165) is 32.0 Å². The van der Waals surface area contributed by atoms with E-state index in [-0.39, 0.29) is 12.6 Å². The molecule has 2 fully saturated rings. The van der Waals surface area contributed by atoms with E-state index in [9.17, 15) is 18.0 Å². The van der Waals surface area contributed by atoms with Crippen molar-refractivity contribution in [3.8, 4) is 0 Å². The second-order valence-corrected chi connectivity index (χ2v) is 8.08. The number of halogens is 4. The van der Waals surface area contributed by atoms with Gasteiger partial charge in [-0.2, -0.15) is 23.0 Å². The van der Waals surface area contributed by atoms with Gasteiger partial charge in [0.15, 0.2) is 0 Å². The summed E-state index contributed by atoms with van der Waals surface area (Å²) in [7, 11) is 0. The van der Waals surface area contributed by atoms with Gasteiger partial charge in [0.05, 0.1) is 23.0 Å². The Balaban J connectivity index is 1.49. The minimum absolute atomic E-state index is 0.206. The molecule has 0 aliphatic carbocycles. The van der Waals surface area contributed by atoms with Crippen molar-refractivity contribution in [1.29, 1.82) is 0 Å². The number of benzene rings is 1. The molecule has 3 heterocycles. The minimum atomic E-state index is -4.40. The number of amides is 1. The molecule has 0 saturated carbocycles. The number of aromatic nitrogens is 2. The van der Waals surface area contributed by atoms with Crippen LogP contribution in [0.4, 0.5) is 23.7 Å². The lowest BCUT2D eigenvalue weighted by molar-refractivity contribution is -0.138. The van der Waals surface area contributed by atoms with Gasteiger partial charge >= 0.3 is 12.2 Å². The normalized spacial score (nSPS) is 18.3. The summed E-state index contributed by atoms with van der Waals surface area (Å²) in [6.07, 6.45) is 0.422. The number of piperazine rings is 1. The van der Waals surface area contributed by atoms with Gasteiger partial charge in [-0.3, -0.25) is 4.90 Å². The Morgan fingerprint density at radius 2 is 1.77 bits per heavy atom. The molecular formula is C20H23ClF3N5O. The van der Waals surface area contributed by atoms with E-state index in [2.05, 4.69) is 5.10 Å². The van der Waals surface area contributed by atoms with Crippen LogP contribution in [0, 0.1) is 0 Å². The monoisotopic (exact) mass is 441 g/mol. The molecule has 6 nitrogen and oxygen atoms in total. The van der Waals surface area contributed by atoms with Gasteiger partial charge in [-0.05, 0) is 25.0 Å². The molecule has 1 aromatic heterocycles. The number of carbonyl (C=O) groups is 1. The lowest BCUT2D eigenvalue weighted by Crippen LogP contribution is -2.49. The van der Waals surface area contributed by atoms with Crippen molar-refractivity contribution < 1.29 is 18.0 Å². The molecule has 2 aliphatic rings. The summed E-state index contributed by atoms with van der Waals surface area (Å²) in [5.74, 6) is 0. The highest BCUT2D eigenvalue weighted by Gasteiger charge is 2.36. The topological polar surface area (TPSA) is 44.6 Å². The predicted molar refractivity (Wildman–Crippen MR) is 108 cm³/mol. The van der Waals surface area contributed by atoms with Gasteiger partial charge in [-0.15, -0.1) is 0 Å². The van der Waals surface area contributed by atoms with Crippen LogP contribution in [0.3, 0.4) is 0 Å². The molecule has 162 valence electrons. The second-order valence-electron chi connectivity index (χ2n) is 7.64. The van der Waals surface area contributed by atoms with Gasteiger partial charge in [0.1, 0.15) is 0 Å². The second kappa shape index (κ2) is 8.47. The standard InChI is InChI=1S/C20H23ClF3N5O/c21-15-12-25-29(13-15)19(30)28-10-8-26(9-11-28)14-16-17(20(22,23)24)4-3-5-18(16)27-6-1-2-7-27/h3-5,12-13H,1-2,6-11,14H2. The Kier molecular flexibility index (Phi) is 5.92. The fraction of sp³-hybridized carbons (Fsp3) is 0.500. The molecule has 2 aliphatic heterocycles. The molecule has 4 rings (SSSR count). The van der Waals surface area contributed by atoms with Crippen molar-refractivity contribution in [2.45, 2.75) is 25.6 Å². The van der Waals surface area contributed by atoms with Gasteiger partial charge in [0, 0.05) is 57.1 Å². The van der Waals surface area contributed by atoms with Crippen LogP contribution in [0.1, 0.15) is 24.0 Å². The molecule has 0 N–H and O–H groups in total. The van der Waals surface area contributed by atoms with E-state index in [0.29, 0.717) is 42.5 Å². The maximum Gasteiger partial charge on any atom is 0.416 e. The molecule has 0 radical (unpaired) electrons. The molecule has 0 unspecified atom stereocenters. The summed E-state index contributed by atoms with van der Waals surface area (Å²) in [5.41, 5.74) is 0.425. The van der Waals surface area contributed by atoms with Crippen LogP contribution >= 0.6 is 11.6 Å². The minimum Gasteiger partial charge on any atom is -0.371 e. The van der Waals surface area contributed by atoms with Crippen LogP contribution in [-0.4, -0.2) is 64.9 Å². The van der Waals surface area contributed by atoms with E-state index in [1.165, 1.54) is 23.1 Å². The van der Waals surface area contributed by atoms with Gasteiger partial charge in [-0.1, -0.05) is 17.7 Å². The Hall–Kier alpha value is -2.26. The Morgan fingerprint density at radius 1 is 1.07 bits per heavy atom. The largest absolute Gasteiger partial charge is 0.416 e. The number of nitrogens with zero attached hydrogens (tertiary/aromatic N) is 5. The molecule has 2 saturated heterocycles. The average molecular weight is 442 g/mol. The van der Waals surface area contributed by atoms with E-state index in [4.69, 9.17) is 11.6 Å². The van der Waals surface area contributed by atoms with Crippen LogP contribution in [0.25, 0.3) is 0 Å². The maximum atomic E-state index is 13.7. The van der Waals surface area contributed by atoms with Gasteiger partial charge in [0.2, 0.25) is 0 Å². The van der Waals surface area contributed by atoms with Crippen LogP contribution in [0.15, 0.2) is 30.6 Å². The molecule has 10 heteroatoms. The van der Waals surface area contributed by atoms with E-state index < -0.39 is 11.7 Å². The molecule has 30 heavy (non-hydrogen) atoms. The highest BCUT2D eigenvalue weighted by molar-refractivity contribution is 6.30. The maximum absolute atomic E-state index is 13.7. The van der Waals surface area contributed by atoms with E-state index in [1.54, 1.807) is 11.0 Å². The third-order valence-corrected chi connectivity index (χ3v) is 5.87. The third-order valence-electron chi connectivity index (χ3n) is 5.68. The summed E-state index contributed by atoms with van der Waals surface area (Å²) in [4.78, 5) is 18.1. The van der Waals surface area contributed by atoms with Crippen LogP contribution in [-0.2, 0) is 12.7 Å². The van der Waals surface area contributed by atoms with Gasteiger partial charge in [-0.25, -0.2) is 4.79 Å². The Labute approximate surface area is 177 Å².